The summed E-state index contributed by atoms with van der Waals surface area (Å²) in [5.74, 6) is 2.70. The van der Waals surface area contributed by atoms with Crippen LogP contribution in [-0.2, 0) is 0 Å². The van der Waals surface area contributed by atoms with E-state index in [-0.39, 0.29) is 23.5 Å². The van der Waals surface area contributed by atoms with Gasteiger partial charge in [-0.3, -0.25) is 0 Å². The molecule has 5 saturated carbocycles. The Labute approximate surface area is 169 Å². The third-order valence-electron chi connectivity index (χ3n) is 11.1. The molecular weight excluding hydrogens is 352 g/mol. The van der Waals surface area contributed by atoms with Crippen molar-refractivity contribution in [2.75, 3.05) is 6.61 Å². The zero-order valence-electron chi connectivity index (χ0n) is 17.7. The molecule has 0 saturated heterocycles. The van der Waals surface area contributed by atoms with Crippen LogP contribution < -0.4 is 0 Å². The Kier molecular flexibility index (Phi) is 4.37. The van der Waals surface area contributed by atoms with E-state index in [0.29, 0.717) is 42.4 Å². The first kappa shape index (κ1) is 19.8. The van der Waals surface area contributed by atoms with Crippen molar-refractivity contribution in [1.29, 1.82) is 0 Å². The van der Waals surface area contributed by atoms with E-state index in [0.717, 1.165) is 51.4 Å². The molecule has 5 fully saturated rings. The summed E-state index contributed by atoms with van der Waals surface area (Å²) in [6, 6.07) is 0. The molecule has 5 rings (SSSR count). The van der Waals surface area contributed by atoms with E-state index in [1.54, 1.807) is 0 Å². The highest BCUT2D eigenvalue weighted by atomic mass is 16.3. The van der Waals surface area contributed by atoms with Gasteiger partial charge in [-0.1, -0.05) is 13.8 Å². The van der Waals surface area contributed by atoms with Gasteiger partial charge in [-0.15, -0.1) is 0 Å². The summed E-state index contributed by atoms with van der Waals surface area (Å²) in [6.07, 6.45) is 9.75. The fourth-order valence-corrected chi connectivity index (χ4v) is 9.57. The summed E-state index contributed by atoms with van der Waals surface area (Å²) in [5.41, 5.74) is -1.48. The number of aliphatic hydroxyl groups excluding tert-OH is 2. The predicted molar refractivity (Wildman–Crippen MR) is 107 cm³/mol. The molecule has 0 aromatic heterocycles. The lowest BCUT2D eigenvalue weighted by Gasteiger charge is -2.64. The first-order valence-corrected chi connectivity index (χ1v) is 11.9. The molecule has 0 bridgehead atoms. The molecule has 5 aliphatic carbocycles. The summed E-state index contributed by atoms with van der Waals surface area (Å²) in [4.78, 5) is 0. The zero-order chi connectivity index (χ0) is 19.9. The maximum Gasteiger partial charge on any atom is 0.0735 e. The van der Waals surface area contributed by atoms with Crippen molar-refractivity contribution in [3.05, 3.63) is 0 Å². The Morgan fingerprint density at radius 1 is 0.821 bits per heavy atom. The van der Waals surface area contributed by atoms with Gasteiger partial charge < -0.3 is 20.4 Å². The van der Waals surface area contributed by atoms with Crippen LogP contribution in [0.15, 0.2) is 0 Å². The van der Waals surface area contributed by atoms with Crippen LogP contribution in [0.3, 0.4) is 0 Å². The molecule has 0 spiro atoms. The highest BCUT2D eigenvalue weighted by Gasteiger charge is 2.73. The van der Waals surface area contributed by atoms with Crippen LogP contribution in [0.1, 0.15) is 84.5 Å². The molecule has 4 nitrogen and oxygen atoms in total. The molecule has 0 amide bonds. The van der Waals surface area contributed by atoms with Crippen molar-refractivity contribution < 1.29 is 20.4 Å². The van der Waals surface area contributed by atoms with Gasteiger partial charge in [0.2, 0.25) is 0 Å². The van der Waals surface area contributed by atoms with Crippen molar-refractivity contribution in [2.45, 2.75) is 102 Å². The lowest BCUT2D eigenvalue weighted by molar-refractivity contribution is -0.229. The molecule has 4 N–H and O–H groups in total. The van der Waals surface area contributed by atoms with Gasteiger partial charge >= 0.3 is 0 Å². The van der Waals surface area contributed by atoms with Crippen molar-refractivity contribution in [3.63, 3.8) is 0 Å². The SMILES string of the molecule is C[C@]12CC[C@H]3[C@@H](CCC4(O)C[C@@H](O)CC[C@]34C)[C@@H]1[C@@H]1CC[C@@H]1[C@@]2(O)CCCO. The third-order valence-corrected chi connectivity index (χ3v) is 11.1. The summed E-state index contributed by atoms with van der Waals surface area (Å²) in [5, 5.41) is 43.2. The summed E-state index contributed by atoms with van der Waals surface area (Å²) >= 11 is 0. The molecule has 28 heavy (non-hydrogen) atoms. The lowest BCUT2D eigenvalue weighted by atomic mass is 9.42. The van der Waals surface area contributed by atoms with E-state index in [1.165, 1.54) is 6.42 Å². The van der Waals surface area contributed by atoms with Gasteiger partial charge in [-0.25, -0.2) is 0 Å². The fraction of sp³-hybridized carbons (Fsp3) is 1.00. The molecular formula is C24H40O4. The molecule has 0 radical (unpaired) electrons. The van der Waals surface area contributed by atoms with Crippen LogP contribution in [0.2, 0.25) is 0 Å². The van der Waals surface area contributed by atoms with Crippen LogP contribution in [-0.4, -0.2) is 44.3 Å². The van der Waals surface area contributed by atoms with Crippen LogP contribution in [0.5, 0.6) is 0 Å². The number of hydrogen-bond acceptors (Lipinski definition) is 4. The summed E-state index contributed by atoms with van der Waals surface area (Å²) in [7, 11) is 0. The van der Waals surface area contributed by atoms with Crippen LogP contribution >= 0.6 is 0 Å². The Hall–Kier alpha value is -0.160. The minimum absolute atomic E-state index is 0.0465. The van der Waals surface area contributed by atoms with Gasteiger partial charge in [-0.2, -0.15) is 0 Å². The Balaban J connectivity index is 1.49. The first-order chi connectivity index (χ1) is 13.2. The van der Waals surface area contributed by atoms with Gasteiger partial charge in [0.25, 0.3) is 0 Å². The van der Waals surface area contributed by atoms with Gasteiger partial charge in [0.05, 0.1) is 17.3 Å². The second-order valence-electron chi connectivity index (χ2n) is 11.7. The highest BCUT2D eigenvalue weighted by molar-refractivity contribution is 5.22. The van der Waals surface area contributed by atoms with Crippen molar-refractivity contribution in [1.82, 2.24) is 0 Å². The van der Waals surface area contributed by atoms with E-state index in [2.05, 4.69) is 13.8 Å². The quantitative estimate of drug-likeness (QED) is 0.594. The van der Waals surface area contributed by atoms with Crippen LogP contribution in [0, 0.1) is 40.4 Å². The van der Waals surface area contributed by atoms with Crippen molar-refractivity contribution >= 4 is 0 Å². The maximum absolute atomic E-state index is 11.9. The fourth-order valence-electron chi connectivity index (χ4n) is 9.57. The van der Waals surface area contributed by atoms with Gasteiger partial charge in [-0.05, 0) is 105 Å². The van der Waals surface area contributed by atoms with Gasteiger partial charge in [0, 0.05) is 13.0 Å². The van der Waals surface area contributed by atoms with E-state index in [9.17, 15) is 20.4 Å². The van der Waals surface area contributed by atoms with Gasteiger partial charge in [0.1, 0.15) is 0 Å². The minimum Gasteiger partial charge on any atom is -0.396 e. The molecule has 4 heteroatoms. The molecule has 5 aliphatic rings. The standard InChI is InChI=1S/C24H40O4/c1-21-10-6-15(26)14-23(21,27)12-7-17-18(21)8-11-22(2)20(17)16-4-5-19(16)24(22,28)9-3-13-25/h15-20,25-28H,3-14H2,1-2H3/t15-,16+,17+,18-,19-,20-,21+,22-,23?,24-/m0/s1. The second-order valence-corrected chi connectivity index (χ2v) is 11.7. The highest BCUT2D eigenvalue weighted by Crippen LogP contribution is 2.75. The Morgan fingerprint density at radius 3 is 2.21 bits per heavy atom. The third kappa shape index (κ3) is 2.22. The average molecular weight is 393 g/mol. The average Bonchev–Trinajstić information content (AvgIpc) is 2.74. The molecule has 0 aliphatic heterocycles. The van der Waals surface area contributed by atoms with E-state index in [4.69, 9.17) is 0 Å². The number of rotatable bonds is 3. The maximum atomic E-state index is 11.9. The molecule has 0 heterocycles. The number of fused-ring (bicyclic) bond motifs is 7. The molecule has 0 aromatic rings. The molecule has 10 atom stereocenters. The summed E-state index contributed by atoms with van der Waals surface area (Å²) in [6.45, 7) is 4.83. The van der Waals surface area contributed by atoms with E-state index < -0.39 is 11.2 Å². The number of aliphatic hydroxyl groups is 4. The van der Waals surface area contributed by atoms with E-state index >= 15 is 0 Å². The monoisotopic (exact) mass is 392 g/mol. The Bertz CT molecular complexity index is 638. The zero-order valence-corrected chi connectivity index (χ0v) is 17.7. The predicted octanol–water partition coefficient (Wildman–Crippen LogP) is 3.25. The van der Waals surface area contributed by atoms with E-state index in [1.807, 2.05) is 0 Å². The lowest BCUT2D eigenvalue weighted by Crippen LogP contribution is -2.64. The second kappa shape index (κ2) is 6.18. The molecule has 160 valence electrons. The normalized spacial score (nSPS) is 60.2. The molecule has 1 unspecified atom stereocenters. The van der Waals surface area contributed by atoms with Crippen molar-refractivity contribution in [2.24, 2.45) is 40.4 Å². The summed E-state index contributed by atoms with van der Waals surface area (Å²) < 4.78 is 0. The smallest absolute Gasteiger partial charge is 0.0735 e. The minimum atomic E-state index is -0.718. The van der Waals surface area contributed by atoms with Gasteiger partial charge in [0.15, 0.2) is 0 Å². The van der Waals surface area contributed by atoms with Crippen LogP contribution in [0.4, 0.5) is 0 Å². The van der Waals surface area contributed by atoms with Crippen LogP contribution in [0.25, 0.3) is 0 Å². The topological polar surface area (TPSA) is 80.9 Å². The number of hydrogen-bond donors (Lipinski definition) is 4. The molecule has 0 aromatic carbocycles. The Morgan fingerprint density at radius 2 is 1.54 bits per heavy atom. The first-order valence-electron chi connectivity index (χ1n) is 11.9. The largest absolute Gasteiger partial charge is 0.396 e. The van der Waals surface area contributed by atoms with Crippen molar-refractivity contribution in [3.8, 4) is 0 Å².